The van der Waals surface area contributed by atoms with E-state index < -0.39 is 22.0 Å². The van der Waals surface area contributed by atoms with Gasteiger partial charge in [0, 0.05) is 11.8 Å². The number of nitrogens with zero attached hydrogens (tertiary/aromatic N) is 1. The molecule has 1 aromatic carbocycles. The van der Waals surface area contributed by atoms with Gasteiger partial charge in [-0.1, -0.05) is 18.2 Å². The molecule has 0 saturated heterocycles. The molecular weight excluding hydrogens is 330 g/mol. The summed E-state index contributed by atoms with van der Waals surface area (Å²) in [6.07, 6.45) is 1.51. The monoisotopic (exact) mass is 347 g/mol. The standard InChI is InChI=1S/C16H17N3O4S/c1-11(16(21)18-15-5-3-4-10-17-15)19-24(22,23)14-8-6-13(7-9-14)12(2)20/h3-11,19H,1-2H3,(H,17,18,21). The molecule has 1 atom stereocenters. The molecule has 1 heterocycles. The minimum absolute atomic E-state index is 0.0232. The van der Waals surface area contributed by atoms with Crippen LogP contribution in [0.15, 0.2) is 53.6 Å². The second-order valence-corrected chi connectivity index (χ2v) is 6.84. The van der Waals surface area contributed by atoms with Crippen LogP contribution in [0.4, 0.5) is 5.82 Å². The third-order valence-corrected chi connectivity index (χ3v) is 4.77. The molecular formula is C16H17N3O4S. The molecule has 1 aromatic heterocycles. The van der Waals surface area contributed by atoms with Crippen molar-refractivity contribution in [3.8, 4) is 0 Å². The molecule has 0 aliphatic rings. The molecule has 0 aliphatic carbocycles. The summed E-state index contributed by atoms with van der Waals surface area (Å²) in [5, 5.41) is 2.52. The van der Waals surface area contributed by atoms with Crippen LogP contribution >= 0.6 is 0 Å². The highest BCUT2D eigenvalue weighted by Gasteiger charge is 2.22. The lowest BCUT2D eigenvalue weighted by atomic mass is 10.2. The van der Waals surface area contributed by atoms with Crippen molar-refractivity contribution in [3.63, 3.8) is 0 Å². The molecule has 2 N–H and O–H groups in total. The Balaban J connectivity index is 2.07. The first-order valence-corrected chi connectivity index (χ1v) is 8.63. The Bertz CT molecular complexity index is 833. The smallest absolute Gasteiger partial charge is 0.243 e. The van der Waals surface area contributed by atoms with E-state index in [4.69, 9.17) is 0 Å². The number of amides is 1. The number of sulfonamides is 1. The van der Waals surface area contributed by atoms with E-state index in [1.165, 1.54) is 44.3 Å². The Morgan fingerprint density at radius 2 is 1.75 bits per heavy atom. The lowest BCUT2D eigenvalue weighted by Crippen LogP contribution is -2.41. The molecule has 1 unspecified atom stereocenters. The number of rotatable bonds is 6. The highest BCUT2D eigenvalue weighted by molar-refractivity contribution is 7.89. The molecule has 0 aliphatic heterocycles. The predicted molar refractivity (Wildman–Crippen MR) is 89.1 cm³/mol. The van der Waals surface area contributed by atoms with Crippen molar-refractivity contribution in [1.82, 2.24) is 9.71 Å². The van der Waals surface area contributed by atoms with Crippen LogP contribution in [0.1, 0.15) is 24.2 Å². The summed E-state index contributed by atoms with van der Waals surface area (Å²) in [7, 11) is -3.88. The maximum Gasteiger partial charge on any atom is 0.243 e. The van der Waals surface area contributed by atoms with Crippen molar-refractivity contribution in [2.75, 3.05) is 5.32 Å². The van der Waals surface area contributed by atoms with Crippen molar-refractivity contribution >= 4 is 27.5 Å². The summed E-state index contributed by atoms with van der Waals surface area (Å²) in [6, 6.07) is 9.50. The lowest BCUT2D eigenvalue weighted by molar-refractivity contribution is -0.117. The maximum atomic E-state index is 12.3. The highest BCUT2D eigenvalue weighted by atomic mass is 32.2. The molecule has 0 spiro atoms. The molecule has 8 heteroatoms. The topological polar surface area (TPSA) is 105 Å². The highest BCUT2D eigenvalue weighted by Crippen LogP contribution is 2.12. The van der Waals surface area contributed by atoms with Gasteiger partial charge >= 0.3 is 0 Å². The minimum atomic E-state index is -3.88. The number of hydrogen-bond acceptors (Lipinski definition) is 5. The number of nitrogens with one attached hydrogen (secondary N) is 2. The molecule has 0 fully saturated rings. The number of hydrogen-bond donors (Lipinski definition) is 2. The largest absolute Gasteiger partial charge is 0.309 e. The zero-order valence-corrected chi connectivity index (χ0v) is 14.0. The van der Waals surface area contributed by atoms with E-state index in [0.717, 1.165) is 0 Å². The number of Topliss-reactive ketones (excluding diaryl/α,β-unsaturated/α-hetero) is 1. The molecule has 24 heavy (non-hydrogen) atoms. The third kappa shape index (κ3) is 4.46. The number of aromatic nitrogens is 1. The van der Waals surface area contributed by atoms with Crippen LogP contribution < -0.4 is 10.0 Å². The zero-order valence-electron chi connectivity index (χ0n) is 13.2. The van der Waals surface area contributed by atoms with Gasteiger partial charge in [-0.2, -0.15) is 4.72 Å². The maximum absolute atomic E-state index is 12.3. The predicted octanol–water partition coefficient (Wildman–Crippen LogP) is 1.59. The van der Waals surface area contributed by atoms with Crippen molar-refractivity contribution in [3.05, 3.63) is 54.2 Å². The van der Waals surface area contributed by atoms with Crippen LogP contribution in [0.2, 0.25) is 0 Å². The van der Waals surface area contributed by atoms with E-state index in [-0.39, 0.29) is 10.7 Å². The fraction of sp³-hybridized carbons (Fsp3) is 0.188. The molecule has 0 saturated carbocycles. The first-order valence-electron chi connectivity index (χ1n) is 7.15. The molecule has 1 amide bonds. The number of ketones is 1. The molecule has 0 bridgehead atoms. The van der Waals surface area contributed by atoms with Gasteiger partial charge in [-0.25, -0.2) is 13.4 Å². The fourth-order valence-corrected chi connectivity index (χ4v) is 3.10. The second kappa shape index (κ2) is 7.33. The quantitative estimate of drug-likeness (QED) is 0.772. The number of anilines is 1. The van der Waals surface area contributed by atoms with Crippen LogP contribution in [0.25, 0.3) is 0 Å². The minimum Gasteiger partial charge on any atom is -0.309 e. The Labute approximate surface area is 140 Å². The Kier molecular flexibility index (Phi) is 5.42. The number of pyridine rings is 1. The number of benzene rings is 1. The van der Waals surface area contributed by atoms with Gasteiger partial charge in [-0.15, -0.1) is 0 Å². The van der Waals surface area contributed by atoms with Gasteiger partial charge < -0.3 is 5.32 Å². The molecule has 2 rings (SSSR count). The Morgan fingerprint density at radius 3 is 2.29 bits per heavy atom. The Hall–Kier alpha value is -2.58. The molecule has 0 radical (unpaired) electrons. The SMILES string of the molecule is CC(=O)c1ccc(S(=O)(=O)NC(C)C(=O)Nc2ccccn2)cc1. The first-order chi connectivity index (χ1) is 11.3. The van der Waals surface area contributed by atoms with Crippen LogP contribution in [-0.4, -0.2) is 31.1 Å². The van der Waals surface area contributed by atoms with Crippen LogP contribution in [0.5, 0.6) is 0 Å². The van der Waals surface area contributed by atoms with Gasteiger partial charge in [-0.05, 0) is 38.1 Å². The summed E-state index contributed by atoms with van der Waals surface area (Å²) in [5.74, 6) is -0.355. The summed E-state index contributed by atoms with van der Waals surface area (Å²) < 4.78 is 26.9. The van der Waals surface area contributed by atoms with Gasteiger partial charge in [0.05, 0.1) is 10.9 Å². The van der Waals surface area contributed by atoms with Gasteiger partial charge in [-0.3, -0.25) is 9.59 Å². The average molecular weight is 347 g/mol. The van der Waals surface area contributed by atoms with E-state index in [9.17, 15) is 18.0 Å². The summed E-state index contributed by atoms with van der Waals surface area (Å²) >= 11 is 0. The number of carbonyl (C=O) groups is 2. The molecule has 126 valence electrons. The first kappa shape index (κ1) is 17.8. The van der Waals surface area contributed by atoms with Crippen LogP contribution in [0, 0.1) is 0 Å². The van der Waals surface area contributed by atoms with Crippen molar-refractivity contribution in [2.24, 2.45) is 0 Å². The van der Waals surface area contributed by atoms with Crippen LogP contribution in [0.3, 0.4) is 0 Å². The molecule has 7 nitrogen and oxygen atoms in total. The zero-order chi connectivity index (χ0) is 17.7. The molecule has 2 aromatic rings. The van der Waals surface area contributed by atoms with E-state index in [2.05, 4.69) is 15.0 Å². The van der Waals surface area contributed by atoms with Crippen molar-refractivity contribution in [1.29, 1.82) is 0 Å². The fourth-order valence-electron chi connectivity index (χ4n) is 1.89. The van der Waals surface area contributed by atoms with Crippen molar-refractivity contribution in [2.45, 2.75) is 24.8 Å². The number of carbonyl (C=O) groups excluding carboxylic acids is 2. The third-order valence-electron chi connectivity index (χ3n) is 3.21. The average Bonchev–Trinajstić information content (AvgIpc) is 2.55. The second-order valence-electron chi connectivity index (χ2n) is 5.13. The lowest BCUT2D eigenvalue weighted by Gasteiger charge is -2.14. The van der Waals surface area contributed by atoms with E-state index in [1.54, 1.807) is 18.2 Å². The van der Waals surface area contributed by atoms with E-state index in [1.807, 2.05) is 0 Å². The van der Waals surface area contributed by atoms with Crippen LogP contribution in [-0.2, 0) is 14.8 Å². The van der Waals surface area contributed by atoms with E-state index >= 15 is 0 Å². The summed E-state index contributed by atoms with van der Waals surface area (Å²) in [6.45, 7) is 2.82. The summed E-state index contributed by atoms with van der Waals surface area (Å²) in [4.78, 5) is 27.2. The van der Waals surface area contributed by atoms with Gasteiger partial charge in [0.25, 0.3) is 0 Å². The normalized spacial score (nSPS) is 12.4. The summed E-state index contributed by atoms with van der Waals surface area (Å²) in [5.41, 5.74) is 0.412. The Morgan fingerprint density at radius 1 is 1.08 bits per heavy atom. The van der Waals surface area contributed by atoms with Crippen molar-refractivity contribution < 1.29 is 18.0 Å². The van der Waals surface area contributed by atoms with E-state index in [0.29, 0.717) is 11.4 Å². The van der Waals surface area contributed by atoms with Gasteiger partial charge in [0.1, 0.15) is 5.82 Å². The van der Waals surface area contributed by atoms with Gasteiger partial charge in [0.15, 0.2) is 5.78 Å². The van der Waals surface area contributed by atoms with Gasteiger partial charge in [0.2, 0.25) is 15.9 Å².